The molecule has 178 valence electrons. The quantitative estimate of drug-likeness (QED) is 0.380. The van der Waals surface area contributed by atoms with E-state index in [1.807, 2.05) is 60.7 Å². The van der Waals surface area contributed by atoms with Gasteiger partial charge in [0.25, 0.3) is 0 Å². The van der Waals surface area contributed by atoms with Crippen molar-refractivity contribution in [2.75, 3.05) is 24.5 Å². The third-order valence-corrected chi connectivity index (χ3v) is 8.47. The number of piperazine rings is 1. The summed E-state index contributed by atoms with van der Waals surface area (Å²) in [6.07, 6.45) is 1.60. The molecule has 35 heavy (non-hydrogen) atoms. The maximum absolute atomic E-state index is 13.4. The molecule has 10 heteroatoms. The van der Waals surface area contributed by atoms with Gasteiger partial charge in [-0.2, -0.15) is 4.31 Å². The van der Waals surface area contributed by atoms with Crippen LogP contribution in [0.25, 0.3) is 28.1 Å². The van der Waals surface area contributed by atoms with Crippen LogP contribution in [0.15, 0.2) is 76.2 Å². The number of benzene rings is 2. The van der Waals surface area contributed by atoms with Crippen molar-refractivity contribution in [3.63, 3.8) is 0 Å². The summed E-state index contributed by atoms with van der Waals surface area (Å²) in [4.78, 5) is 7.37. The Balaban J connectivity index is 1.41. The van der Waals surface area contributed by atoms with Crippen molar-refractivity contribution in [1.29, 1.82) is 0 Å². The van der Waals surface area contributed by atoms with Crippen LogP contribution in [0.3, 0.4) is 0 Å². The van der Waals surface area contributed by atoms with Crippen molar-refractivity contribution in [1.82, 2.24) is 23.9 Å². The maximum Gasteiger partial charge on any atom is 0.243 e. The highest BCUT2D eigenvalue weighted by Crippen LogP contribution is 2.30. The smallest absolute Gasteiger partial charge is 0.243 e. The lowest BCUT2D eigenvalue weighted by Crippen LogP contribution is -2.54. The second-order valence-electron chi connectivity index (χ2n) is 8.81. The first kappa shape index (κ1) is 21.8. The number of nitrogens with zero attached hydrogens (tertiary/aromatic N) is 6. The number of aromatic nitrogens is 4. The summed E-state index contributed by atoms with van der Waals surface area (Å²) in [6.45, 7) is 5.16. The first-order valence-electron chi connectivity index (χ1n) is 11.4. The van der Waals surface area contributed by atoms with Gasteiger partial charge in [0.2, 0.25) is 21.8 Å². The molecule has 5 aromatic rings. The summed E-state index contributed by atoms with van der Waals surface area (Å²) < 4.78 is 35.8. The van der Waals surface area contributed by atoms with Crippen molar-refractivity contribution in [2.45, 2.75) is 24.8 Å². The molecule has 3 aromatic heterocycles. The van der Waals surface area contributed by atoms with Crippen LogP contribution in [0.1, 0.15) is 12.5 Å². The molecule has 0 radical (unpaired) electrons. The molecule has 2 aromatic carbocycles. The zero-order valence-corrected chi connectivity index (χ0v) is 20.2. The van der Waals surface area contributed by atoms with Crippen LogP contribution in [-0.4, -0.2) is 58.0 Å². The van der Waals surface area contributed by atoms with Crippen molar-refractivity contribution in [3.05, 3.63) is 72.5 Å². The van der Waals surface area contributed by atoms with E-state index >= 15 is 0 Å². The Morgan fingerprint density at radius 1 is 0.971 bits per heavy atom. The lowest BCUT2D eigenvalue weighted by molar-refractivity contribution is 0.304. The van der Waals surface area contributed by atoms with Crippen molar-refractivity contribution < 1.29 is 12.8 Å². The monoisotopic (exact) mass is 488 g/mol. The molecule has 0 unspecified atom stereocenters. The molecule has 0 spiro atoms. The van der Waals surface area contributed by atoms with E-state index < -0.39 is 10.0 Å². The molecule has 4 heterocycles. The molecule has 0 aliphatic carbocycles. The van der Waals surface area contributed by atoms with Crippen molar-refractivity contribution in [3.8, 4) is 11.6 Å². The summed E-state index contributed by atoms with van der Waals surface area (Å²) in [5.74, 6) is 1.81. The fourth-order valence-corrected chi connectivity index (χ4v) is 6.28. The van der Waals surface area contributed by atoms with Gasteiger partial charge in [-0.05, 0) is 50.2 Å². The lowest BCUT2D eigenvalue weighted by atomic mass is 10.2. The molecular weight excluding hydrogens is 464 g/mol. The molecule has 6 rings (SSSR count). The normalized spacial score (nSPS) is 17.4. The average molecular weight is 489 g/mol. The summed E-state index contributed by atoms with van der Waals surface area (Å²) in [6, 6.07) is 18.2. The highest BCUT2D eigenvalue weighted by atomic mass is 32.2. The van der Waals surface area contributed by atoms with Gasteiger partial charge in [-0.3, -0.25) is 0 Å². The summed E-state index contributed by atoms with van der Waals surface area (Å²) in [5.41, 5.74) is 2.50. The molecular formula is C25H24N6O3S. The van der Waals surface area contributed by atoms with E-state index in [1.54, 1.807) is 28.8 Å². The Labute approximate surface area is 202 Å². The Morgan fingerprint density at radius 2 is 1.77 bits per heavy atom. The fourth-order valence-electron chi connectivity index (χ4n) is 4.67. The van der Waals surface area contributed by atoms with E-state index in [0.29, 0.717) is 47.7 Å². The molecule has 1 aliphatic heterocycles. The van der Waals surface area contributed by atoms with E-state index in [9.17, 15) is 8.42 Å². The second-order valence-corrected chi connectivity index (χ2v) is 10.7. The van der Waals surface area contributed by atoms with E-state index in [4.69, 9.17) is 9.40 Å². The zero-order chi connectivity index (χ0) is 24.2. The number of hydrogen-bond acceptors (Lipinski definition) is 7. The summed E-state index contributed by atoms with van der Waals surface area (Å²) in [7, 11) is -3.60. The standard InChI is InChI=1S/C25H24N6O3S/c1-17-9-11-19(12-10-17)35(32,33)30-14-13-29(16-18(30)2)25-26-21-7-4-3-6-20(21)23-27-28-24(31(23)25)22-8-5-15-34-22/h3-12,15,18H,13-14,16H2,1-2H3/t18-/m0/s1. The van der Waals surface area contributed by atoms with Crippen LogP contribution in [-0.2, 0) is 10.0 Å². The molecule has 1 aliphatic rings. The minimum Gasteiger partial charge on any atom is -0.461 e. The molecule has 0 N–H and O–H groups in total. The van der Waals surface area contributed by atoms with Gasteiger partial charge in [0.15, 0.2) is 11.4 Å². The number of anilines is 1. The Hall–Kier alpha value is -3.76. The SMILES string of the molecule is Cc1ccc(S(=O)(=O)N2CCN(c3nc4ccccc4c4nnc(-c5ccco5)n34)C[C@@H]2C)cc1. The van der Waals surface area contributed by atoms with Crippen LogP contribution in [0.5, 0.6) is 0 Å². The maximum atomic E-state index is 13.4. The molecule has 9 nitrogen and oxygen atoms in total. The first-order valence-corrected chi connectivity index (χ1v) is 12.9. The number of hydrogen-bond donors (Lipinski definition) is 0. The van der Waals surface area contributed by atoms with Gasteiger partial charge in [-0.25, -0.2) is 17.8 Å². The van der Waals surface area contributed by atoms with Gasteiger partial charge < -0.3 is 9.32 Å². The topological polar surface area (TPSA) is 96.8 Å². The van der Waals surface area contributed by atoms with Gasteiger partial charge in [-0.15, -0.1) is 10.2 Å². The second kappa shape index (κ2) is 8.17. The predicted molar refractivity (Wildman–Crippen MR) is 133 cm³/mol. The molecule has 1 fully saturated rings. The predicted octanol–water partition coefficient (Wildman–Crippen LogP) is 3.75. The molecule has 0 saturated carbocycles. The molecule has 0 amide bonds. The first-order chi connectivity index (χ1) is 16.9. The van der Waals surface area contributed by atoms with E-state index in [2.05, 4.69) is 15.1 Å². The third-order valence-electron chi connectivity index (χ3n) is 6.45. The minimum absolute atomic E-state index is 0.262. The number of fused-ring (bicyclic) bond motifs is 3. The van der Waals surface area contributed by atoms with E-state index in [0.717, 1.165) is 16.5 Å². The summed E-state index contributed by atoms with van der Waals surface area (Å²) in [5, 5.41) is 9.75. The highest BCUT2D eigenvalue weighted by molar-refractivity contribution is 7.89. The van der Waals surface area contributed by atoms with Crippen LogP contribution in [0.2, 0.25) is 0 Å². The molecule has 1 atom stereocenters. The van der Waals surface area contributed by atoms with Crippen molar-refractivity contribution in [2.24, 2.45) is 0 Å². The van der Waals surface area contributed by atoms with Crippen LogP contribution >= 0.6 is 0 Å². The number of sulfonamides is 1. The zero-order valence-electron chi connectivity index (χ0n) is 19.4. The molecule has 1 saturated heterocycles. The largest absolute Gasteiger partial charge is 0.461 e. The van der Waals surface area contributed by atoms with Gasteiger partial charge in [0.05, 0.1) is 16.7 Å². The number of aryl methyl sites for hydroxylation is 1. The van der Waals surface area contributed by atoms with Gasteiger partial charge in [0.1, 0.15) is 0 Å². The van der Waals surface area contributed by atoms with E-state index in [-0.39, 0.29) is 6.04 Å². The minimum atomic E-state index is -3.60. The number of para-hydroxylation sites is 1. The number of furan rings is 1. The van der Waals surface area contributed by atoms with Crippen LogP contribution in [0, 0.1) is 6.92 Å². The van der Waals surface area contributed by atoms with Crippen LogP contribution in [0.4, 0.5) is 5.95 Å². The van der Waals surface area contributed by atoms with Crippen LogP contribution < -0.4 is 4.90 Å². The lowest BCUT2D eigenvalue weighted by Gasteiger charge is -2.39. The number of rotatable bonds is 4. The average Bonchev–Trinajstić information content (AvgIpc) is 3.54. The third kappa shape index (κ3) is 3.57. The van der Waals surface area contributed by atoms with Gasteiger partial charge in [-0.1, -0.05) is 29.8 Å². The van der Waals surface area contributed by atoms with Crippen molar-refractivity contribution >= 4 is 32.5 Å². The fraction of sp³-hybridized carbons (Fsp3) is 0.240. The van der Waals surface area contributed by atoms with E-state index in [1.165, 1.54) is 0 Å². The Kier molecular flexibility index (Phi) is 5.08. The molecule has 0 bridgehead atoms. The van der Waals surface area contributed by atoms with Gasteiger partial charge in [0, 0.05) is 31.1 Å². The Bertz CT molecular complexity index is 1630. The summed E-state index contributed by atoms with van der Waals surface area (Å²) >= 11 is 0. The van der Waals surface area contributed by atoms with Gasteiger partial charge >= 0.3 is 0 Å². The highest BCUT2D eigenvalue weighted by Gasteiger charge is 2.35. The Morgan fingerprint density at radius 3 is 2.51 bits per heavy atom.